The van der Waals surface area contributed by atoms with Crippen LogP contribution in [0.3, 0.4) is 0 Å². The summed E-state index contributed by atoms with van der Waals surface area (Å²) in [6.45, 7) is 0. The Morgan fingerprint density at radius 2 is 2.00 bits per heavy atom. The van der Waals surface area contributed by atoms with Crippen molar-refractivity contribution in [3.63, 3.8) is 0 Å². The maximum atomic E-state index is 12.7. The first-order valence-electron chi connectivity index (χ1n) is 8.22. The van der Waals surface area contributed by atoms with E-state index >= 15 is 0 Å². The van der Waals surface area contributed by atoms with Crippen LogP contribution in [0.2, 0.25) is 0 Å². The summed E-state index contributed by atoms with van der Waals surface area (Å²) in [7, 11) is 1.53. The molecule has 3 N–H and O–H groups in total. The highest BCUT2D eigenvalue weighted by molar-refractivity contribution is 5.99. The fraction of sp³-hybridized carbons (Fsp3) is 0.412. The zero-order valence-corrected chi connectivity index (χ0v) is 13.9. The van der Waals surface area contributed by atoms with E-state index in [-0.39, 0.29) is 22.9 Å². The molecule has 2 amide bonds. The van der Waals surface area contributed by atoms with E-state index in [9.17, 15) is 19.5 Å². The molecule has 8 nitrogen and oxygen atoms in total. The van der Waals surface area contributed by atoms with Crippen molar-refractivity contribution in [3.8, 4) is 5.75 Å². The number of nitrogens with one attached hydrogen (secondary N) is 2. The Kier molecular flexibility index (Phi) is 4.43. The molecular weight excluding hydrogens is 324 g/mol. The van der Waals surface area contributed by atoms with E-state index < -0.39 is 17.0 Å². The standard InChI is InChI=1S/C17H20N4O4/c1-18-16(25)17(7-3-2-4-8-17)20-14(23)11-10-19-13-12(22)6-5-9-21(13)15(11)24/h5-6,9-10,22H,2-4,7-8H2,1H3,(H,18,25)(H,20,23). The molecule has 132 valence electrons. The van der Waals surface area contributed by atoms with Gasteiger partial charge >= 0.3 is 0 Å². The van der Waals surface area contributed by atoms with Crippen LogP contribution in [0.5, 0.6) is 5.75 Å². The summed E-state index contributed by atoms with van der Waals surface area (Å²) < 4.78 is 1.11. The van der Waals surface area contributed by atoms with E-state index in [0.717, 1.165) is 29.9 Å². The molecule has 2 aromatic rings. The number of fused-ring (bicyclic) bond motifs is 1. The summed E-state index contributed by atoms with van der Waals surface area (Å²) in [5.74, 6) is -1.05. The second-order valence-corrected chi connectivity index (χ2v) is 6.24. The molecule has 0 atom stereocenters. The smallest absolute Gasteiger partial charge is 0.270 e. The number of aromatic hydroxyl groups is 1. The van der Waals surface area contributed by atoms with Crippen LogP contribution in [0.25, 0.3) is 5.65 Å². The van der Waals surface area contributed by atoms with Crippen molar-refractivity contribution in [2.75, 3.05) is 7.05 Å². The number of carbonyl (C=O) groups excluding carboxylic acids is 2. The van der Waals surface area contributed by atoms with Gasteiger partial charge < -0.3 is 15.7 Å². The SMILES string of the molecule is CNC(=O)C1(NC(=O)c2cnc3c(O)cccn3c2=O)CCCCC1. The lowest BCUT2D eigenvalue weighted by atomic mass is 9.80. The Morgan fingerprint density at radius 3 is 2.68 bits per heavy atom. The molecule has 2 heterocycles. The van der Waals surface area contributed by atoms with E-state index in [2.05, 4.69) is 15.6 Å². The number of pyridine rings is 1. The van der Waals surface area contributed by atoms with Gasteiger partial charge in [0.15, 0.2) is 11.4 Å². The monoisotopic (exact) mass is 344 g/mol. The fourth-order valence-corrected chi connectivity index (χ4v) is 3.34. The number of nitrogens with zero attached hydrogens (tertiary/aromatic N) is 2. The van der Waals surface area contributed by atoms with Gasteiger partial charge in [-0.25, -0.2) is 4.98 Å². The summed E-state index contributed by atoms with van der Waals surface area (Å²) in [5, 5.41) is 15.1. The quantitative estimate of drug-likeness (QED) is 0.754. The summed E-state index contributed by atoms with van der Waals surface area (Å²) in [5.41, 5.74) is -1.70. The number of hydrogen-bond donors (Lipinski definition) is 3. The molecule has 0 spiro atoms. The van der Waals surface area contributed by atoms with Gasteiger partial charge in [-0.05, 0) is 25.0 Å². The van der Waals surface area contributed by atoms with Crippen LogP contribution in [0.4, 0.5) is 0 Å². The first-order chi connectivity index (χ1) is 12.0. The molecule has 1 aliphatic carbocycles. The number of amides is 2. The van der Waals surface area contributed by atoms with Crippen molar-refractivity contribution in [1.82, 2.24) is 20.0 Å². The van der Waals surface area contributed by atoms with E-state index in [1.165, 1.54) is 25.4 Å². The average molecular weight is 344 g/mol. The largest absolute Gasteiger partial charge is 0.504 e. The molecule has 0 radical (unpaired) electrons. The molecular formula is C17H20N4O4. The molecule has 0 saturated heterocycles. The van der Waals surface area contributed by atoms with Crippen molar-refractivity contribution in [2.24, 2.45) is 0 Å². The normalized spacial score (nSPS) is 16.4. The molecule has 3 rings (SSSR count). The average Bonchev–Trinajstić information content (AvgIpc) is 2.62. The highest BCUT2D eigenvalue weighted by Crippen LogP contribution is 2.28. The van der Waals surface area contributed by atoms with E-state index in [1.807, 2.05) is 0 Å². The van der Waals surface area contributed by atoms with Gasteiger partial charge in [-0.2, -0.15) is 0 Å². The highest BCUT2D eigenvalue weighted by atomic mass is 16.3. The Morgan fingerprint density at radius 1 is 1.28 bits per heavy atom. The third-order valence-electron chi connectivity index (χ3n) is 4.68. The van der Waals surface area contributed by atoms with E-state index in [0.29, 0.717) is 12.8 Å². The first-order valence-corrected chi connectivity index (χ1v) is 8.22. The lowest BCUT2D eigenvalue weighted by Gasteiger charge is -2.36. The van der Waals surface area contributed by atoms with E-state index in [1.54, 1.807) is 0 Å². The zero-order valence-electron chi connectivity index (χ0n) is 13.9. The Bertz CT molecular complexity index is 884. The van der Waals surface area contributed by atoms with Gasteiger partial charge in [0.2, 0.25) is 5.91 Å². The van der Waals surface area contributed by atoms with Crippen LogP contribution in [-0.2, 0) is 4.79 Å². The van der Waals surface area contributed by atoms with Crippen LogP contribution in [0.1, 0.15) is 42.5 Å². The maximum Gasteiger partial charge on any atom is 0.270 e. The number of carbonyl (C=O) groups is 2. The van der Waals surface area contributed by atoms with Crippen LogP contribution in [-0.4, -0.2) is 38.9 Å². The van der Waals surface area contributed by atoms with Gasteiger partial charge in [-0.15, -0.1) is 0 Å². The van der Waals surface area contributed by atoms with Crippen molar-refractivity contribution < 1.29 is 14.7 Å². The highest BCUT2D eigenvalue weighted by Gasteiger charge is 2.40. The van der Waals surface area contributed by atoms with Gasteiger partial charge in [-0.3, -0.25) is 18.8 Å². The Balaban J connectivity index is 1.98. The summed E-state index contributed by atoms with van der Waals surface area (Å²) in [6, 6.07) is 2.89. The molecule has 1 aliphatic rings. The summed E-state index contributed by atoms with van der Waals surface area (Å²) in [4.78, 5) is 41.6. The predicted octanol–water partition coefficient (Wildman–Crippen LogP) is 0.579. The van der Waals surface area contributed by atoms with Crippen molar-refractivity contribution >= 4 is 17.5 Å². The molecule has 8 heteroatoms. The number of aromatic nitrogens is 2. The third kappa shape index (κ3) is 2.95. The second-order valence-electron chi connectivity index (χ2n) is 6.24. The molecule has 0 aromatic carbocycles. The molecule has 0 aliphatic heterocycles. The van der Waals surface area contributed by atoms with Crippen molar-refractivity contribution in [3.05, 3.63) is 40.4 Å². The lowest BCUT2D eigenvalue weighted by Crippen LogP contribution is -2.59. The first kappa shape index (κ1) is 16.9. The summed E-state index contributed by atoms with van der Waals surface area (Å²) >= 11 is 0. The van der Waals surface area contributed by atoms with Gasteiger partial charge in [0.05, 0.1) is 0 Å². The topological polar surface area (TPSA) is 113 Å². The molecule has 2 aromatic heterocycles. The van der Waals surface area contributed by atoms with Crippen molar-refractivity contribution in [1.29, 1.82) is 0 Å². The number of rotatable bonds is 3. The molecule has 0 unspecified atom stereocenters. The minimum atomic E-state index is -1.00. The molecule has 1 saturated carbocycles. The maximum absolute atomic E-state index is 12.7. The second kappa shape index (κ2) is 6.54. The van der Waals surface area contributed by atoms with Crippen LogP contribution < -0.4 is 16.2 Å². The number of likely N-dealkylation sites (N-methyl/N-ethyl adjacent to an activating group) is 1. The lowest BCUT2D eigenvalue weighted by molar-refractivity contribution is -0.128. The fourth-order valence-electron chi connectivity index (χ4n) is 3.34. The van der Waals surface area contributed by atoms with Gasteiger partial charge in [0.25, 0.3) is 11.5 Å². The predicted molar refractivity (Wildman–Crippen MR) is 90.5 cm³/mol. The van der Waals surface area contributed by atoms with Gasteiger partial charge in [0, 0.05) is 19.4 Å². The van der Waals surface area contributed by atoms with Crippen LogP contribution in [0.15, 0.2) is 29.3 Å². The zero-order chi connectivity index (χ0) is 18.0. The van der Waals surface area contributed by atoms with Gasteiger partial charge in [0.1, 0.15) is 11.1 Å². The van der Waals surface area contributed by atoms with Crippen LogP contribution >= 0.6 is 0 Å². The van der Waals surface area contributed by atoms with Crippen molar-refractivity contribution in [2.45, 2.75) is 37.6 Å². The number of hydrogen-bond acceptors (Lipinski definition) is 5. The minimum Gasteiger partial charge on any atom is -0.504 e. The van der Waals surface area contributed by atoms with Gasteiger partial charge in [-0.1, -0.05) is 19.3 Å². The minimum absolute atomic E-state index is 0.0720. The Hall–Kier alpha value is -2.90. The summed E-state index contributed by atoms with van der Waals surface area (Å²) in [6.07, 6.45) is 6.29. The molecule has 25 heavy (non-hydrogen) atoms. The van der Waals surface area contributed by atoms with Crippen LogP contribution in [0, 0.1) is 0 Å². The third-order valence-corrected chi connectivity index (χ3v) is 4.68. The molecule has 1 fully saturated rings. The molecule has 0 bridgehead atoms. The Labute approximate surface area is 143 Å². The van der Waals surface area contributed by atoms with E-state index in [4.69, 9.17) is 0 Å².